The van der Waals surface area contributed by atoms with E-state index in [1.165, 1.54) is 18.4 Å². The van der Waals surface area contributed by atoms with Gasteiger partial charge in [0.1, 0.15) is 0 Å². The summed E-state index contributed by atoms with van der Waals surface area (Å²) in [4.78, 5) is 14.8. The first-order chi connectivity index (χ1) is 11.8. The zero-order valence-electron chi connectivity index (χ0n) is 15.4. The molecule has 1 aromatic rings. The fourth-order valence-corrected chi connectivity index (χ4v) is 3.30. The molecule has 5 heteroatoms. The average Bonchev–Trinajstić information content (AvgIpc) is 2.64. The minimum atomic E-state index is 0. The Morgan fingerprint density at radius 1 is 1.20 bits per heavy atom. The van der Waals surface area contributed by atoms with Crippen LogP contribution < -0.4 is 5.32 Å². The maximum absolute atomic E-state index is 12.7. The van der Waals surface area contributed by atoms with Crippen LogP contribution in [0, 0.1) is 5.92 Å². The first kappa shape index (κ1) is 21.9. The van der Waals surface area contributed by atoms with Gasteiger partial charge in [-0.3, -0.25) is 4.79 Å². The number of nitrogens with one attached hydrogen (secondary N) is 1. The zero-order chi connectivity index (χ0) is 17.0. The van der Waals surface area contributed by atoms with Gasteiger partial charge in [-0.2, -0.15) is 0 Å². The summed E-state index contributed by atoms with van der Waals surface area (Å²) in [5.74, 6) is 1.01. The van der Waals surface area contributed by atoms with Crippen molar-refractivity contribution in [2.45, 2.75) is 45.1 Å². The zero-order valence-corrected chi connectivity index (χ0v) is 16.2. The Morgan fingerprint density at radius 3 is 2.60 bits per heavy atom. The molecule has 0 bridgehead atoms. The first-order valence-corrected chi connectivity index (χ1v) is 9.31. The van der Waals surface area contributed by atoms with E-state index in [1.807, 2.05) is 23.1 Å². The van der Waals surface area contributed by atoms with Gasteiger partial charge in [-0.15, -0.1) is 12.4 Å². The van der Waals surface area contributed by atoms with Crippen LogP contribution in [0.5, 0.6) is 0 Å². The Labute approximate surface area is 158 Å². The molecule has 0 aromatic heterocycles. The number of ether oxygens (including phenoxy) is 1. The van der Waals surface area contributed by atoms with Gasteiger partial charge in [0.15, 0.2) is 0 Å². The SMILES string of the molecule is COCCCCN(Cc1ccccc1)C(=O)CCC1CCNCC1.Cl. The molecule has 25 heavy (non-hydrogen) atoms. The number of carbonyl (C=O) groups excluding carboxylic acids is 1. The van der Waals surface area contributed by atoms with Crippen LogP contribution in [-0.2, 0) is 16.1 Å². The lowest BCUT2D eigenvalue weighted by Crippen LogP contribution is -2.33. The van der Waals surface area contributed by atoms with Crippen molar-refractivity contribution in [1.29, 1.82) is 0 Å². The number of methoxy groups -OCH3 is 1. The molecule has 1 aromatic carbocycles. The standard InChI is InChI=1S/C20H32N2O2.ClH/c1-24-16-6-5-15-22(17-19-7-3-2-4-8-19)20(23)10-9-18-11-13-21-14-12-18;/h2-4,7-8,18,21H,5-6,9-17H2,1H3;1H. The molecule has 1 amide bonds. The van der Waals surface area contributed by atoms with E-state index >= 15 is 0 Å². The molecule has 0 saturated carbocycles. The van der Waals surface area contributed by atoms with Crippen LogP contribution in [0.2, 0.25) is 0 Å². The van der Waals surface area contributed by atoms with Crippen LogP contribution >= 0.6 is 12.4 Å². The Bertz CT molecular complexity index is 464. The highest BCUT2D eigenvalue weighted by Crippen LogP contribution is 2.19. The molecule has 1 saturated heterocycles. The van der Waals surface area contributed by atoms with Crippen molar-refractivity contribution in [3.63, 3.8) is 0 Å². The smallest absolute Gasteiger partial charge is 0.222 e. The van der Waals surface area contributed by atoms with Gasteiger partial charge in [-0.1, -0.05) is 30.3 Å². The summed E-state index contributed by atoms with van der Waals surface area (Å²) in [6, 6.07) is 10.3. The third kappa shape index (κ3) is 8.70. The Balaban J connectivity index is 0.00000312. The second-order valence-electron chi connectivity index (χ2n) is 6.73. The number of carbonyl (C=O) groups is 1. The summed E-state index contributed by atoms with van der Waals surface area (Å²) in [7, 11) is 1.73. The molecular formula is C20H33ClN2O2. The number of rotatable bonds is 10. The van der Waals surface area contributed by atoms with Crippen molar-refractivity contribution >= 4 is 18.3 Å². The van der Waals surface area contributed by atoms with Crippen molar-refractivity contribution in [3.8, 4) is 0 Å². The molecular weight excluding hydrogens is 336 g/mol. The highest BCUT2D eigenvalue weighted by Gasteiger charge is 2.18. The normalized spacial score (nSPS) is 14.8. The van der Waals surface area contributed by atoms with Crippen LogP contribution in [-0.4, -0.2) is 44.2 Å². The molecule has 4 nitrogen and oxygen atoms in total. The molecule has 1 N–H and O–H groups in total. The Morgan fingerprint density at radius 2 is 1.92 bits per heavy atom. The van der Waals surface area contributed by atoms with Gasteiger partial charge in [-0.05, 0) is 56.7 Å². The summed E-state index contributed by atoms with van der Waals surface area (Å²) >= 11 is 0. The number of unbranched alkanes of at least 4 members (excludes halogenated alkanes) is 1. The number of amides is 1. The van der Waals surface area contributed by atoms with E-state index < -0.39 is 0 Å². The van der Waals surface area contributed by atoms with Gasteiger partial charge in [0, 0.05) is 33.2 Å². The lowest BCUT2D eigenvalue weighted by atomic mass is 9.93. The van der Waals surface area contributed by atoms with E-state index in [-0.39, 0.29) is 12.4 Å². The molecule has 0 atom stereocenters. The quantitative estimate of drug-likeness (QED) is 0.641. The lowest BCUT2D eigenvalue weighted by molar-refractivity contribution is -0.132. The molecule has 1 fully saturated rings. The number of hydrogen-bond acceptors (Lipinski definition) is 3. The second kappa shape index (κ2) is 13.2. The third-order valence-electron chi connectivity index (χ3n) is 4.82. The topological polar surface area (TPSA) is 41.6 Å². The van der Waals surface area contributed by atoms with Crippen LogP contribution in [0.15, 0.2) is 30.3 Å². The highest BCUT2D eigenvalue weighted by atomic mass is 35.5. The predicted molar refractivity (Wildman–Crippen MR) is 105 cm³/mol. The number of halogens is 1. The molecule has 142 valence electrons. The van der Waals surface area contributed by atoms with Gasteiger partial charge in [0.25, 0.3) is 0 Å². The van der Waals surface area contributed by atoms with Gasteiger partial charge in [0.2, 0.25) is 5.91 Å². The van der Waals surface area contributed by atoms with Crippen molar-refractivity contribution in [2.24, 2.45) is 5.92 Å². The summed E-state index contributed by atoms with van der Waals surface area (Å²) in [6.45, 7) is 4.51. The largest absolute Gasteiger partial charge is 0.385 e. The van der Waals surface area contributed by atoms with Gasteiger partial charge < -0.3 is 15.0 Å². The monoisotopic (exact) mass is 368 g/mol. The number of benzene rings is 1. The fraction of sp³-hybridized carbons (Fsp3) is 0.650. The molecule has 0 spiro atoms. The third-order valence-corrected chi connectivity index (χ3v) is 4.82. The van der Waals surface area contributed by atoms with Crippen LogP contribution in [0.4, 0.5) is 0 Å². The summed E-state index contributed by atoms with van der Waals surface area (Å²) < 4.78 is 5.12. The van der Waals surface area contributed by atoms with Crippen LogP contribution in [0.25, 0.3) is 0 Å². The highest BCUT2D eigenvalue weighted by molar-refractivity contribution is 5.85. The Hall–Kier alpha value is -1.10. The minimum absolute atomic E-state index is 0. The summed E-state index contributed by atoms with van der Waals surface area (Å²) in [6.07, 6.45) is 6.13. The van der Waals surface area contributed by atoms with Crippen molar-refractivity contribution < 1.29 is 9.53 Å². The van der Waals surface area contributed by atoms with Crippen LogP contribution in [0.1, 0.15) is 44.1 Å². The fourth-order valence-electron chi connectivity index (χ4n) is 3.30. The van der Waals surface area contributed by atoms with Crippen LogP contribution in [0.3, 0.4) is 0 Å². The summed E-state index contributed by atoms with van der Waals surface area (Å²) in [5, 5.41) is 3.39. The minimum Gasteiger partial charge on any atom is -0.385 e. The molecule has 1 heterocycles. The molecule has 0 unspecified atom stereocenters. The maximum atomic E-state index is 12.7. The van der Waals surface area contributed by atoms with Crippen molar-refractivity contribution in [1.82, 2.24) is 10.2 Å². The second-order valence-corrected chi connectivity index (χ2v) is 6.73. The summed E-state index contributed by atoms with van der Waals surface area (Å²) in [5.41, 5.74) is 1.21. The van der Waals surface area contributed by atoms with E-state index in [1.54, 1.807) is 7.11 Å². The molecule has 0 aliphatic carbocycles. The maximum Gasteiger partial charge on any atom is 0.222 e. The predicted octanol–water partition coefficient (Wildman–Crippen LogP) is 3.64. The number of nitrogens with zero attached hydrogens (tertiary/aromatic N) is 1. The van der Waals surface area contributed by atoms with Crippen molar-refractivity contribution in [3.05, 3.63) is 35.9 Å². The van der Waals surface area contributed by atoms with E-state index in [0.717, 1.165) is 52.0 Å². The molecule has 0 radical (unpaired) electrons. The lowest BCUT2D eigenvalue weighted by Gasteiger charge is -2.26. The average molecular weight is 369 g/mol. The van der Waals surface area contributed by atoms with E-state index in [9.17, 15) is 4.79 Å². The number of hydrogen-bond donors (Lipinski definition) is 1. The van der Waals surface area contributed by atoms with Gasteiger partial charge in [0.05, 0.1) is 0 Å². The van der Waals surface area contributed by atoms with Crippen molar-refractivity contribution in [2.75, 3.05) is 33.4 Å². The number of piperidine rings is 1. The Kier molecular flexibility index (Phi) is 11.5. The van der Waals surface area contributed by atoms with Gasteiger partial charge in [-0.25, -0.2) is 0 Å². The van der Waals surface area contributed by atoms with Gasteiger partial charge >= 0.3 is 0 Å². The first-order valence-electron chi connectivity index (χ1n) is 9.31. The molecule has 1 aliphatic heterocycles. The van der Waals surface area contributed by atoms with E-state index in [0.29, 0.717) is 18.2 Å². The molecule has 2 rings (SSSR count). The molecule has 1 aliphatic rings. The van der Waals surface area contributed by atoms with E-state index in [4.69, 9.17) is 4.74 Å². The van der Waals surface area contributed by atoms with E-state index in [2.05, 4.69) is 17.4 Å².